The van der Waals surface area contributed by atoms with Crippen LogP contribution >= 0.6 is 0 Å². The number of rotatable bonds is 7. The predicted octanol–water partition coefficient (Wildman–Crippen LogP) is 3.98. The Balaban J connectivity index is 1.48. The van der Waals surface area contributed by atoms with E-state index in [9.17, 15) is 4.79 Å². The molecule has 0 saturated carbocycles. The minimum Gasteiger partial charge on any atom is -0.383 e. The number of aromatic nitrogens is 3. The zero-order valence-corrected chi connectivity index (χ0v) is 17.1. The molecule has 0 aliphatic carbocycles. The van der Waals surface area contributed by atoms with E-state index < -0.39 is 0 Å². The summed E-state index contributed by atoms with van der Waals surface area (Å²) in [6, 6.07) is 17.9. The van der Waals surface area contributed by atoms with Crippen molar-refractivity contribution in [3.8, 4) is 11.1 Å². The molecule has 0 saturated heterocycles. The normalized spacial score (nSPS) is 11.0. The summed E-state index contributed by atoms with van der Waals surface area (Å²) < 4.78 is 7.08. The quantitative estimate of drug-likeness (QED) is 0.509. The van der Waals surface area contributed by atoms with E-state index in [1.165, 1.54) is 0 Å². The fraction of sp³-hybridized carbons (Fsp3) is 0.208. The molecule has 6 heteroatoms. The Kier molecular flexibility index (Phi) is 5.86. The van der Waals surface area contributed by atoms with Crippen LogP contribution in [0.5, 0.6) is 0 Å². The summed E-state index contributed by atoms with van der Waals surface area (Å²) in [4.78, 5) is 21.3. The first-order valence-electron chi connectivity index (χ1n) is 9.88. The highest BCUT2D eigenvalue weighted by atomic mass is 16.5. The third-order valence-corrected chi connectivity index (χ3v) is 5.09. The molecule has 1 amide bonds. The molecule has 4 aromatic rings. The Labute approximate surface area is 175 Å². The number of methoxy groups -OCH3 is 1. The van der Waals surface area contributed by atoms with E-state index in [0.29, 0.717) is 25.3 Å². The third kappa shape index (κ3) is 4.23. The summed E-state index contributed by atoms with van der Waals surface area (Å²) in [5, 5.41) is 4.06. The number of hydrogen-bond donors (Lipinski definition) is 1. The SMILES string of the molecule is COCCn1cncc1CNC(=O)c1ccc(-c2cccc3nc(C)ccc23)cc1. The molecule has 0 aliphatic rings. The molecule has 0 radical (unpaired) electrons. The van der Waals surface area contributed by atoms with E-state index in [1.54, 1.807) is 19.6 Å². The highest BCUT2D eigenvalue weighted by molar-refractivity contribution is 5.97. The van der Waals surface area contributed by atoms with Gasteiger partial charge in [-0.2, -0.15) is 0 Å². The van der Waals surface area contributed by atoms with Crippen LogP contribution in [0.2, 0.25) is 0 Å². The summed E-state index contributed by atoms with van der Waals surface area (Å²) in [6.45, 7) is 3.71. The number of nitrogens with zero attached hydrogens (tertiary/aromatic N) is 3. The third-order valence-electron chi connectivity index (χ3n) is 5.09. The van der Waals surface area contributed by atoms with Gasteiger partial charge in [0.05, 0.1) is 30.7 Å². The lowest BCUT2D eigenvalue weighted by Gasteiger charge is -2.10. The van der Waals surface area contributed by atoms with Gasteiger partial charge in [-0.3, -0.25) is 9.78 Å². The molecule has 152 valence electrons. The molecule has 2 aromatic carbocycles. The summed E-state index contributed by atoms with van der Waals surface area (Å²) in [6.07, 6.45) is 3.51. The van der Waals surface area contributed by atoms with E-state index in [4.69, 9.17) is 4.74 Å². The van der Waals surface area contributed by atoms with Crippen molar-refractivity contribution in [2.75, 3.05) is 13.7 Å². The minimum atomic E-state index is -0.115. The van der Waals surface area contributed by atoms with Gasteiger partial charge in [0, 0.05) is 36.5 Å². The van der Waals surface area contributed by atoms with Crippen LogP contribution in [-0.2, 0) is 17.8 Å². The lowest BCUT2D eigenvalue weighted by atomic mass is 9.99. The number of benzene rings is 2. The van der Waals surface area contributed by atoms with Gasteiger partial charge in [-0.05, 0) is 42.3 Å². The Morgan fingerprint density at radius 1 is 1.10 bits per heavy atom. The second-order valence-corrected chi connectivity index (χ2v) is 7.16. The number of carbonyl (C=O) groups is 1. The van der Waals surface area contributed by atoms with Crippen LogP contribution in [-0.4, -0.2) is 34.2 Å². The first kappa shape index (κ1) is 19.8. The van der Waals surface area contributed by atoms with Gasteiger partial charge >= 0.3 is 0 Å². The molecule has 2 heterocycles. The maximum Gasteiger partial charge on any atom is 0.251 e. The topological polar surface area (TPSA) is 69.0 Å². The second-order valence-electron chi connectivity index (χ2n) is 7.16. The molecule has 0 fully saturated rings. The molecule has 6 nitrogen and oxygen atoms in total. The standard InChI is InChI=1S/C24H24N4O2/c1-17-6-11-22-21(4-3-5-23(22)27-17)18-7-9-19(10-8-18)24(29)26-15-20-14-25-16-28(20)12-13-30-2/h3-11,14,16H,12-13,15H2,1-2H3,(H,26,29). The Hall–Kier alpha value is -3.51. The van der Waals surface area contributed by atoms with Crippen LogP contribution < -0.4 is 5.32 Å². The van der Waals surface area contributed by atoms with Crippen molar-refractivity contribution in [2.45, 2.75) is 20.0 Å². The van der Waals surface area contributed by atoms with Crippen molar-refractivity contribution in [3.05, 3.63) is 84.1 Å². The molecule has 0 unspecified atom stereocenters. The lowest BCUT2D eigenvalue weighted by molar-refractivity contribution is 0.0950. The van der Waals surface area contributed by atoms with Gasteiger partial charge in [0.2, 0.25) is 0 Å². The van der Waals surface area contributed by atoms with Gasteiger partial charge in [0.1, 0.15) is 0 Å². The first-order valence-corrected chi connectivity index (χ1v) is 9.88. The zero-order chi connectivity index (χ0) is 20.9. The molecule has 30 heavy (non-hydrogen) atoms. The fourth-order valence-corrected chi connectivity index (χ4v) is 3.47. The summed E-state index contributed by atoms with van der Waals surface area (Å²) in [5.41, 5.74) is 5.69. The maximum absolute atomic E-state index is 12.6. The van der Waals surface area contributed by atoms with Gasteiger partial charge in [0.25, 0.3) is 5.91 Å². The van der Waals surface area contributed by atoms with E-state index >= 15 is 0 Å². The van der Waals surface area contributed by atoms with E-state index in [2.05, 4.69) is 27.4 Å². The van der Waals surface area contributed by atoms with Crippen molar-refractivity contribution in [1.29, 1.82) is 0 Å². The monoisotopic (exact) mass is 400 g/mol. The molecular weight excluding hydrogens is 376 g/mol. The minimum absolute atomic E-state index is 0.115. The molecular formula is C24H24N4O2. The van der Waals surface area contributed by atoms with Crippen LogP contribution in [0.1, 0.15) is 21.7 Å². The van der Waals surface area contributed by atoms with E-state index in [1.807, 2.05) is 54.0 Å². The largest absolute Gasteiger partial charge is 0.383 e. The van der Waals surface area contributed by atoms with Crippen molar-refractivity contribution < 1.29 is 9.53 Å². The Morgan fingerprint density at radius 3 is 2.73 bits per heavy atom. The number of fused-ring (bicyclic) bond motifs is 1. The summed E-state index contributed by atoms with van der Waals surface area (Å²) in [5.74, 6) is -0.115. The van der Waals surface area contributed by atoms with Crippen LogP contribution in [0.4, 0.5) is 0 Å². The number of imidazole rings is 1. The fourth-order valence-electron chi connectivity index (χ4n) is 3.47. The first-order chi connectivity index (χ1) is 14.7. The van der Waals surface area contributed by atoms with Crippen LogP contribution in [0.15, 0.2) is 67.1 Å². The van der Waals surface area contributed by atoms with Gasteiger partial charge in [0.15, 0.2) is 0 Å². The predicted molar refractivity (Wildman–Crippen MR) is 117 cm³/mol. The molecule has 0 aliphatic heterocycles. The Bertz CT molecular complexity index is 1170. The molecule has 4 rings (SSSR count). The molecule has 2 aromatic heterocycles. The highest BCUT2D eigenvalue weighted by Gasteiger charge is 2.10. The average molecular weight is 400 g/mol. The number of carbonyl (C=O) groups excluding carboxylic acids is 1. The van der Waals surface area contributed by atoms with Gasteiger partial charge in [-0.1, -0.05) is 30.3 Å². The van der Waals surface area contributed by atoms with E-state index in [0.717, 1.165) is 33.4 Å². The van der Waals surface area contributed by atoms with Gasteiger partial charge < -0.3 is 14.6 Å². The average Bonchev–Trinajstić information content (AvgIpc) is 3.22. The van der Waals surface area contributed by atoms with Gasteiger partial charge in [-0.25, -0.2) is 4.98 Å². The van der Waals surface area contributed by atoms with Crippen LogP contribution in [0, 0.1) is 6.92 Å². The number of nitrogens with one attached hydrogen (secondary N) is 1. The number of ether oxygens (including phenoxy) is 1. The molecule has 0 atom stereocenters. The van der Waals surface area contributed by atoms with Gasteiger partial charge in [-0.15, -0.1) is 0 Å². The number of amides is 1. The van der Waals surface area contributed by atoms with E-state index in [-0.39, 0.29) is 5.91 Å². The number of aryl methyl sites for hydroxylation is 1. The Morgan fingerprint density at radius 2 is 1.93 bits per heavy atom. The van der Waals surface area contributed by atoms with Crippen molar-refractivity contribution in [2.24, 2.45) is 0 Å². The second kappa shape index (κ2) is 8.88. The van der Waals surface area contributed by atoms with Crippen LogP contribution in [0.25, 0.3) is 22.0 Å². The van der Waals surface area contributed by atoms with Crippen LogP contribution in [0.3, 0.4) is 0 Å². The smallest absolute Gasteiger partial charge is 0.251 e. The molecule has 0 spiro atoms. The number of pyridine rings is 1. The molecule has 1 N–H and O–H groups in total. The highest BCUT2D eigenvalue weighted by Crippen LogP contribution is 2.28. The van der Waals surface area contributed by atoms with Crippen molar-refractivity contribution in [3.63, 3.8) is 0 Å². The maximum atomic E-state index is 12.6. The van der Waals surface area contributed by atoms with Crippen molar-refractivity contribution in [1.82, 2.24) is 19.9 Å². The molecule has 0 bridgehead atoms. The number of hydrogen-bond acceptors (Lipinski definition) is 4. The summed E-state index contributed by atoms with van der Waals surface area (Å²) in [7, 11) is 1.66. The lowest BCUT2D eigenvalue weighted by Crippen LogP contribution is -2.24. The zero-order valence-electron chi connectivity index (χ0n) is 17.1. The summed E-state index contributed by atoms with van der Waals surface area (Å²) >= 11 is 0. The van der Waals surface area contributed by atoms with Crippen molar-refractivity contribution >= 4 is 16.8 Å².